The predicted octanol–water partition coefficient (Wildman–Crippen LogP) is 2.81. The van der Waals surface area contributed by atoms with Crippen LogP contribution in [0.2, 0.25) is 0 Å². The molecule has 1 rings (SSSR count). The Kier molecular flexibility index (Phi) is 4.47. The third-order valence-electron chi connectivity index (χ3n) is 2.46. The Bertz CT molecular complexity index is 361. The molecule has 1 aromatic heterocycles. The highest BCUT2D eigenvalue weighted by Gasteiger charge is 2.22. The lowest BCUT2D eigenvalue weighted by atomic mass is 9.89. The van der Waals surface area contributed by atoms with Crippen molar-refractivity contribution in [1.29, 1.82) is 0 Å². The largest absolute Gasteiger partial charge is 0.478 e. The van der Waals surface area contributed by atoms with Crippen molar-refractivity contribution in [3.8, 4) is 5.88 Å². The van der Waals surface area contributed by atoms with Gasteiger partial charge in [0.25, 0.3) is 0 Å². The van der Waals surface area contributed by atoms with Crippen LogP contribution >= 0.6 is 0 Å². The first-order chi connectivity index (χ1) is 7.56. The van der Waals surface area contributed by atoms with Crippen molar-refractivity contribution in [2.24, 2.45) is 5.92 Å². The molecule has 1 atom stereocenters. The molecule has 0 radical (unpaired) electrons. The van der Waals surface area contributed by atoms with E-state index in [4.69, 9.17) is 4.74 Å². The lowest BCUT2D eigenvalue weighted by molar-refractivity contribution is -0.119. The second-order valence-corrected chi connectivity index (χ2v) is 4.17. The van der Waals surface area contributed by atoms with Crippen LogP contribution in [0.15, 0.2) is 18.2 Å². The normalized spacial score (nSPS) is 12.6. The molecule has 0 bridgehead atoms. The zero-order valence-corrected chi connectivity index (χ0v) is 10.4. The summed E-state index contributed by atoms with van der Waals surface area (Å²) in [5.41, 5.74) is 0.799. The van der Waals surface area contributed by atoms with Gasteiger partial charge in [0.1, 0.15) is 5.78 Å². The van der Waals surface area contributed by atoms with Gasteiger partial charge in [-0.2, -0.15) is 0 Å². The van der Waals surface area contributed by atoms with Crippen LogP contribution in [0, 0.1) is 5.92 Å². The van der Waals surface area contributed by atoms with Crippen molar-refractivity contribution >= 4 is 5.78 Å². The first kappa shape index (κ1) is 12.7. The first-order valence-electron chi connectivity index (χ1n) is 5.66. The molecule has 0 N–H and O–H groups in total. The lowest BCUT2D eigenvalue weighted by Crippen LogP contribution is -2.16. The average molecular weight is 221 g/mol. The van der Waals surface area contributed by atoms with E-state index in [9.17, 15) is 4.79 Å². The number of hydrogen-bond acceptors (Lipinski definition) is 3. The molecule has 1 heterocycles. The molecule has 0 aliphatic rings. The summed E-state index contributed by atoms with van der Waals surface area (Å²) in [6, 6.07) is 5.57. The third-order valence-corrected chi connectivity index (χ3v) is 2.46. The van der Waals surface area contributed by atoms with Crippen molar-refractivity contribution in [3.05, 3.63) is 23.9 Å². The summed E-state index contributed by atoms with van der Waals surface area (Å²) in [5, 5.41) is 0. The van der Waals surface area contributed by atoms with Gasteiger partial charge in [-0.05, 0) is 25.8 Å². The maximum absolute atomic E-state index is 11.6. The Morgan fingerprint density at radius 3 is 2.62 bits per heavy atom. The SMILES string of the molecule is CCOc1cccc(C(C(C)=O)C(C)C)n1. The Morgan fingerprint density at radius 2 is 2.12 bits per heavy atom. The second kappa shape index (κ2) is 5.64. The fourth-order valence-electron chi connectivity index (χ4n) is 1.85. The summed E-state index contributed by atoms with van der Waals surface area (Å²) in [7, 11) is 0. The molecular weight excluding hydrogens is 202 g/mol. The summed E-state index contributed by atoms with van der Waals surface area (Å²) >= 11 is 0. The van der Waals surface area contributed by atoms with E-state index in [-0.39, 0.29) is 17.6 Å². The van der Waals surface area contributed by atoms with Crippen LogP contribution in [0.1, 0.15) is 39.3 Å². The molecule has 16 heavy (non-hydrogen) atoms. The van der Waals surface area contributed by atoms with E-state index < -0.39 is 0 Å². The smallest absolute Gasteiger partial charge is 0.213 e. The number of pyridine rings is 1. The van der Waals surface area contributed by atoms with Crippen molar-refractivity contribution in [3.63, 3.8) is 0 Å². The van der Waals surface area contributed by atoms with Gasteiger partial charge in [-0.3, -0.25) is 4.79 Å². The number of Topliss-reactive ketones (excluding diaryl/α,β-unsaturated/α-hetero) is 1. The van der Waals surface area contributed by atoms with Crippen molar-refractivity contribution in [2.45, 2.75) is 33.6 Å². The molecular formula is C13H19NO2. The number of nitrogens with zero attached hydrogens (tertiary/aromatic N) is 1. The molecule has 3 nitrogen and oxygen atoms in total. The summed E-state index contributed by atoms with van der Waals surface area (Å²) in [4.78, 5) is 15.9. The standard InChI is InChI=1S/C13H19NO2/c1-5-16-12-8-6-7-11(14-12)13(9(2)3)10(4)15/h6-9,13H,5H2,1-4H3. The van der Waals surface area contributed by atoms with E-state index in [1.807, 2.05) is 39.0 Å². The van der Waals surface area contributed by atoms with Crippen LogP contribution in [0.4, 0.5) is 0 Å². The second-order valence-electron chi connectivity index (χ2n) is 4.17. The van der Waals surface area contributed by atoms with Crippen molar-refractivity contribution in [2.75, 3.05) is 6.61 Å². The molecule has 1 unspecified atom stereocenters. The highest BCUT2D eigenvalue weighted by Crippen LogP contribution is 2.25. The maximum atomic E-state index is 11.6. The molecule has 0 aromatic carbocycles. The van der Waals surface area contributed by atoms with E-state index in [1.54, 1.807) is 6.92 Å². The number of rotatable bonds is 5. The monoisotopic (exact) mass is 221 g/mol. The molecule has 0 fully saturated rings. The number of ketones is 1. The maximum Gasteiger partial charge on any atom is 0.213 e. The Balaban J connectivity index is 3.00. The minimum atomic E-state index is -0.139. The first-order valence-corrected chi connectivity index (χ1v) is 5.66. The molecule has 1 aromatic rings. The lowest BCUT2D eigenvalue weighted by Gasteiger charge is -2.17. The van der Waals surface area contributed by atoms with E-state index in [2.05, 4.69) is 4.98 Å². The number of ether oxygens (including phenoxy) is 1. The van der Waals surface area contributed by atoms with Crippen LogP contribution in [0.25, 0.3) is 0 Å². The minimum Gasteiger partial charge on any atom is -0.478 e. The Hall–Kier alpha value is -1.38. The zero-order valence-electron chi connectivity index (χ0n) is 10.4. The van der Waals surface area contributed by atoms with E-state index in [0.717, 1.165) is 5.69 Å². The number of hydrogen-bond donors (Lipinski definition) is 0. The molecule has 0 saturated heterocycles. The molecule has 3 heteroatoms. The Labute approximate surface area is 96.8 Å². The summed E-state index contributed by atoms with van der Waals surface area (Å²) in [6.45, 7) is 8.17. The van der Waals surface area contributed by atoms with Crippen molar-refractivity contribution in [1.82, 2.24) is 4.98 Å². The minimum absolute atomic E-state index is 0.139. The van der Waals surface area contributed by atoms with Crippen LogP contribution in [0.5, 0.6) is 5.88 Å². The highest BCUT2D eigenvalue weighted by atomic mass is 16.5. The van der Waals surface area contributed by atoms with Crippen molar-refractivity contribution < 1.29 is 9.53 Å². The van der Waals surface area contributed by atoms with Gasteiger partial charge in [-0.25, -0.2) is 4.98 Å². The van der Waals surface area contributed by atoms with Gasteiger partial charge in [0.05, 0.1) is 18.2 Å². The van der Waals surface area contributed by atoms with Crippen LogP contribution in [-0.2, 0) is 4.79 Å². The molecule has 0 aliphatic carbocycles. The van der Waals surface area contributed by atoms with E-state index in [1.165, 1.54) is 0 Å². The van der Waals surface area contributed by atoms with Gasteiger partial charge < -0.3 is 4.74 Å². The van der Waals surface area contributed by atoms with Gasteiger partial charge in [0.15, 0.2) is 0 Å². The molecule has 0 spiro atoms. The van der Waals surface area contributed by atoms with Gasteiger partial charge in [-0.15, -0.1) is 0 Å². The van der Waals surface area contributed by atoms with Gasteiger partial charge in [0.2, 0.25) is 5.88 Å². The molecule has 0 amide bonds. The highest BCUT2D eigenvalue weighted by molar-refractivity contribution is 5.83. The topological polar surface area (TPSA) is 39.2 Å². The predicted molar refractivity (Wildman–Crippen MR) is 63.7 cm³/mol. The number of carbonyl (C=O) groups is 1. The zero-order chi connectivity index (χ0) is 12.1. The van der Waals surface area contributed by atoms with E-state index >= 15 is 0 Å². The Morgan fingerprint density at radius 1 is 1.44 bits per heavy atom. The summed E-state index contributed by atoms with van der Waals surface area (Å²) in [5.74, 6) is 0.852. The fourth-order valence-corrected chi connectivity index (χ4v) is 1.85. The van der Waals surface area contributed by atoms with Gasteiger partial charge in [0, 0.05) is 6.07 Å². The average Bonchev–Trinajstić information content (AvgIpc) is 2.17. The van der Waals surface area contributed by atoms with Crippen LogP contribution in [-0.4, -0.2) is 17.4 Å². The summed E-state index contributed by atoms with van der Waals surface area (Å²) < 4.78 is 5.33. The van der Waals surface area contributed by atoms with Gasteiger partial charge in [-0.1, -0.05) is 19.9 Å². The number of carbonyl (C=O) groups excluding carboxylic acids is 1. The van der Waals surface area contributed by atoms with E-state index in [0.29, 0.717) is 12.5 Å². The molecule has 0 saturated carbocycles. The van der Waals surface area contributed by atoms with Crippen LogP contribution in [0.3, 0.4) is 0 Å². The molecule has 0 aliphatic heterocycles. The fraction of sp³-hybridized carbons (Fsp3) is 0.538. The molecule has 88 valence electrons. The van der Waals surface area contributed by atoms with Crippen LogP contribution < -0.4 is 4.74 Å². The number of aromatic nitrogens is 1. The van der Waals surface area contributed by atoms with Gasteiger partial charge >= 0.3 is 0 Å². The summed E-state index contributed by atoms with van der Waals surface area (Å²) in [6.07, 6.45) is 0. The third kappa shape index (κ3) is 3.05. The quantitative estimate of drug-likeness (QED) is 0.767.